The molecule has 0 aliphatic rings. The quantitative estimate of drug-likeness (QED) is 0.797. The maximum absolute atomic E-state index is 13.4. The van der Waals surface area contributed by atoms with Gasteiger partial charge in [-0.05, 0) is 18.9 Å². The average Bonchev–Trinajstić information content (AvgIpc) is 2.30. The number of benzene rings is 1. The summed E-state index contributed by atoms with van der Waals surface area (Å²) in [5, 5.41) is 2.66. The minimum atomic E-state index is -0.903. The second kappa shape index (κ2) is 5.61. The van der Waals surface area contributed by atoms with Gasteiger partial charge in [-0.2, -0.15) is 0 Å². The molecule has 1 aromatic rings. The van der Waals surface area contributed by atoms with Gasteiger partial charge in [-0.3, -0.25) is 4.79 Å². The lowest BCUT2D eigenvalue weighted by atomic mass is 10.1. The molecule has 0 unspecified atom stereocenters. The fourth-order valence-corrected chi connectivity index (χ4v) is 1.50. The van der Waals surface area contributed by atoms with Crippen LogP contribution in [0.15, 0.2) is 12.1 Å². The second-order valence-electron chi connectivity index (χ2n) is 3.84. The molecule has 0 bridgehead atoms. The highest BCUT2D eigenvalue weighted by molar-refractivity contribution is 5.95. The molecule has 0 saturated carbocycles. The van der Waals surface area contributed by atoms with Crippen molar-refractivity contribution in [1.29, 1.82) is 0 Å². The molecule has 0 heterocycles. The zero-order valence-corrected chi connectivity index (χ0v) is 9.89. The third-order valence-electron chi connectivity index (χ3n) is 2.65. The van der Waals surface area contributed by atoms with Crippen LogP contribution in [0.25, 0.3) is 0 Å². The Kier molecular flexibility index (Phi) is 4.43. The fraction of sp³-hybridized carbons (Fsp3) is 0.417. The van der Waals surface area contributed by atoms with Crippen LogP contribution in [-0.4, -0.2) is 11.9 Å². The predicted octanol–water partition coefficient (Wildman–Crippen LogP) is 2.47. The lowest BCUT2D eigenvalue weighted by molar-refractivity contribution is 0.0930. The molecular weight excluding hydrogens is 226 g/mol. The van der Waals surface area contributed by atoms with Crippen LogP contribution in [0.3, 0.4) is 0 Å². The Morgan fingerprint density at radius 3 is 2.41 bits per heavy atom. The molecule has 0 aliphatic heterocycles. The number of halogens is 2. The number of carbonyl (C=O) groups excluding carboxylic acids is 1. The van der Waals surface area contributed by atoms with Gasteiger partial charge < -0.3 is 11.1 Å². The normalized spacial score (nSPS) is 10.6. The van der Waals surface area contributed by atoms with Crippen molar-refractivity contribution in [2.45, 2.75) is 32.7 Å². The smallest absolute Gasteiger partial charge is 0.254 e. The average molecular weight is 242 g/mol. The Labute approximate surface area is 99.0 Å². The van der Waals surface area contributed by atoms with E-state index in [0.717, 1.165) is 18.9 Å². The van der Waals surface area contributed by atoms with E-state index < -0.39 is 17.5 Å². The standard InChI is InChI=1S/C12H16F2N2O/c1-3-7(4-2)16-12(17)8-5-11(15)10(14)6-9(8)13/h5-7H,3-4,15H2,1-2H3,(H,16,17). The van der Waals surface area contributed by atoms with Crippen LogP contribution in [0, 0.1) is 11.6 Å². The van der Waals surface area contributed by atoms with Crippen LogP contribution in [0.1, 0.15) is 37.0 Å². The van der Waals surface area contributed by atoms with Crippen LogP contribution in [-0.2, 0) is 0 Å². The lowest BCUT2D eigenvalue weighted by Crippen LogP contribution is -2.34. The molecule has 3 nitrogen and oxygen atoms in total. The third kappa shape index (κ3) is 3.15. The summed E-state index contributed by atoms with van der Waals surface area (Å²) >= 11 is 0. The van der Waals surface area contributed by atoms with Gasteiger partial charge in [0.2, 0.25) is 0 Å². The topological polar surface area (TPSA) is 55.1 Å². The predicted molar refractivity (Wildman–Crippen MR) is 62.6 cm³/mol. The zero-order chi connectivity index (χ0) is 13.0. The molecule has 1 rings (SSSR count). The van der Waals surface area contributed by atoms with Crippen molar-refractivity contribution in [3.05, 3.63) is 29.3 Å². The Hall–Kier alpha value is -1.65. The minimum Gasteiger partial charge on any atom is -0.396 e. The molecule has 0 spiro atoms. The number of nitrogens with two attached hydrogens (primary N) is 1. The largest absolute Gasteiger partial charge is 0.396 e. The molecule has 0 saturated heterocycles. The SMILES string of the molecule is CCC(CC)NC(=O)c1cc(N)c(F)cc1F. The number of amides is 1. The van der Waals surface area contributed by atoms with Crippen molar-refractivity contribution < 1.29 is 13.6 Å². The van der Waals surface area contributed by atoms with Gasteiger partial charge in [0.05, 0.1) is 11.3 Å². The minimum absolute atomic E-state index is 0.0202. The van der Waals surface area contributed by atoms with Crippen molar-refractivity contribution >= 4 is 11.6 Å². The molecule has 1 aromatic carbocycles. The molecule has 94 valence electrons. The van der Waals surface area contributed by atoms with Crippen molar-refractivity contribution in [2.24, 2.45) is 0 Å². The monoisotopic (exact) mass is 242 g/mol. The third-order valence-corrected chi connectivity index (χ3v) is 2.65. The van der Waals surface area contributed by atoms with E-state index in [-0.39, 0.29) is 17.3 Å². The molecule has 5 heteroatoms. The summed E-state index contributed by atoms with van der Waals surface area (Å²) in [7, 11) is 0. The van der Waals surface area contributed by atoms with Gasteiger partial charge >= 0.3 is 0 Å². The molecule has 1 amide bonds. The van der Waals surface area contributed by atoms with E-state index in [1.807, 2.05) is 13.8 Å². The maximum Gasteiger partial charge on any atom is 0.254 e. The van der Waals surface area contributed by atoms with E-state index in [9.17, 15) is 13.6 Å². The lowest BCUT2D eigenvalue weighted by Gasteiger charge is -2.15. The first kappa shape index (κ1) is 13.4. The van der Waals surface area contributed by atoms with Crippen LogP contribution < -0.4 is 11.1 Å². The first-order chi connectivity index (χ1) is 7.99. The van der Waals surface area contributed by atoms with Gasteiger partial charge in [0.1, 0.15) is 11.6 Å². The van der Waals surface area contributed by atoms with Gasteiger partial charge in [-0.15, -0.1) is 0 Å². The molecular formula is C12H16F2N2O. The molecule has 0 aliphatic carbocycles. The van der Waals surface area contributed by atoms with Gasteiger partial charge in [0, 0.05) is 12.1 Å². The number of hydrogen-bond acceptors (Lipinski definition) is 2. The number of carbonyl (C=O) groups is 1. The highest BCUT2D eigenvalue weighted by atomic mass is 19.1. The number of hydrogen-bond donors (Lipinski definition) is 2. The molecule has 0 aromatic heterocycles. The van der Waals surface area contributed by atoms with Crippen molar-refractivity contribution in [2.75, 3.05) is 5.73 Å². The van der Waals surface area contributed by atoms with Crippen LogP contribution >= 0.6 is 0 Å². The Morgan fingerprint density at radius 2 is 1.88 bits per heavy atom. The highest BCUT2D eigenvalue weighted by Crippen LogP contribution is 2.16. The van der Waals surface area contributed by atoms with Gasteiger partial charge in [0.25, 0.3) is 5.91 Å². The Balaban J connectivity index is 2.93. The molecule has 0 radical (unpaired) electrons. The van der Waals surface area contributed by atoms with E-state index in [0.29, 0.717) is 6.07 Å². The van der Waals surface area contributed by atoms with Gasteiger partial charge in [0.15, 0.2) is 0 Å². The highest BCUT2D eigenvalue weighted by Gasteiger charge is 2.16. The maximum atomic E-state index is 13.4. The number of rotatable bonds is 4. The number of nitrogens with one attached hydrogen (secondary N) is 1. The summed E-state index contributed by atoms with van der Waals surface area (Å²) in [5.41, 5.74) is 4.84. The Morgan fingerprint density at radius 1 is 1.29 bits per heavy atom. The molecule has 0 atom stereocenters. The summed E-state index contributed by atoms with van der Waals surface area (Å²) in [6.07, 6.45) is 1.50. The summed E-state index contributed by atoms with van der Waals surface area (Å²) in [6.45, 7) is 3.84. The first-order valence-electron chi connectivity index (χ1n) is 5.54. The van der Waals surface area contributed by atoms with Crippen molar-refractivity contribution in [3.8, 4) is 0 Å². The summed E-state index contributed by atoms with van der Waals surface area (Å²) < 4.78 is 26.3. The van der Waals surface area contributed by atoms with E-state index in [1.54, 1.807) is 0 Å². The van der Waals surface area contributed by atoms with E-state index in [2.05, 4.69) is 5.32 Å². The second-order valence-corrected chi connectivity index (χ2v) is 3.84. The fourth-order valence-electron chi connectivity index (χ4n) is 1.50. The van der Waals surface area contributed by atoms with Gasteiger partial charge in [-0.25, -0.2) is 8.78 Å². The molecule has 0 fully saturated rings. The number of nitrogen functional groups attached to an aromatic ring is 1. The zero-order valence-electron chi connectivity index (χ0n) is 9.89. The molecule has 3 N–H and O–H groups in total. The molecule has 17 heavy (non-hydrogen) atoms. The van der Waals surface area contributed by atoms with Crippen molar-refractivity contribution in [1.82, 2.24) is 5.32 Å². The summed E-state index contributed by atoms with van der Waals surface area (Å²) in [6, 6.07) is 1.62. The first-order valence-corrected chi connectivity index (χ1v) is 5.54. The van der Waals surface area contributed by atoms with E-state index >= 15 is 0 Å². The van der Waals surface area contributed by atoms with Gasteiger partial charge in [-0.1, -0.05) is 13.8 Å². The van der Waals surface area contributed by atoms with Crippen LogP contribution in [0.5, 0.6) is 0 Å². The number of anilines is 1. The van der Waals surface area contributed by atoms with Crippen molar-refractivity contribution in [3.63, 3.8) is 0 Å². The van der Waals surface area contributed by atoms with Crippen LogP contribution in [0.2, 0.25) is 0 Å². The summed E-state index contributed by atoms with van der Waals surface area (Å²) in [4.78, 5) is 11.7. The van der Waals surface area contributed by atoms with E-state index in [1.165, 1.54) is 0 Å². The van der Waals surface area contributed by atoms with E-state index in [4.69, 9.17) is 5.73 Å². The Bertz CT molecular complexity index is 417. The summed E-state index contributed by atoms with van der Waals surface area (Å²) in [5.74, 6) is -2.33. The van der Waals surface area contributed by atoms with Crippen LogP contribution in [0.4, 0.5) is 14.5 Å².